The van der Waals surface area contributed by atoms with E-state index in [2.05, 4.69) is 15.0 Å². The lowest BCUT2D eigenvalue weighted by atomic mass is 10.0. The number of piperazine rings is 1. The van der Waals surface area contributed by atoms with Crippen LogP contribution < -0.4 is 4.90 Å². The Balaban J connectivity index is 1.39. The quantitative estimate of drug-likeness (QED) is 0.858. The van der Waals surface area contributed by atoms with E-state index in [0.717, 1.165) is 25.1 Å². The van der Waals surface area contributed by atoms with Crippen molar-refractivity contribution in [3.63, 3.8) is 0 Å². The number of carbonyl (C=O) groups excluding carboxylic acids is 2. The summed E-state index contributed by atoms with van der Waals surface area (Å²) in [5.74, 6) is 0.0821. The van der Waals surface area contributed by atoms with Crippen LogP contribution in [-0.4, -0.2) is 75.1 Å². The van der Waals surface area contributed by atoms with Gasteiger partial charge in [0.15, 0.2) is 0 Å². The summed E-state index contributed by atoms with van der Waals surface area (Å²) in [5.41, 5.74) is 1.36. The maximum atomic E-state index is 13.0. The molecule has 2 aliphatic heterocycles. The number of aromatic amines is 1. The highest BCUT2D eigenvalue weighted by Crippen LogP contribution is 2.24. The van der Waals surface area contributed by atoms with Gasteiger partial charge in [0, 0.05) is 52.2 Å². The SMILES string of the molecule is Cn1cc(N2CCC[C@@H](N3CCN(C(=O)c4cc(Cl)c[nH]4)CC3)C2=O)cn1. The minimum Gasteiger partial charge on any atom is -0.356 e. The van der Waals surface area contributed by atoms with Gasteiger partial charge >= 0.3 is 0 Å². The lowest BCUT2D eigenvalue weighted by molar-refractivity contribution is -0.126. The van der Waals surface area contributed by atoms with E-state index in [1.165, 1.54) is 0 Å². The summed E-state index contributed by atoms with van der Waals surface area (Å²) < 4.78 is 1.71. The highest BCUT2D eigenvalue weighted by molar-refractivity contribution is 6.30. The van der Waals surface area contributed by atoms with Crippen LogP contribution in [-0.2, 0) is 11.8 Å². The molecule has 2 aliphatic rings. The monoisotopic (exact) mass is 390 g/mol. The third-order valence-corrected chi connectivity index (χ3v) is 5.55. The Morgan fingerprint density at radius 2 is 2.04 bits per heavy atom. The third kappa shape index (κ3) is 3.59. The summed E-state index contributed by atoms with van der Waals surface area (Å²) in [4.78, 5) is 34.3. The van der Waals surface area contributed by atoms with Gasteiger partial charge in [-0.15, -0.1) is 0 Å². The normalized spacial score (nSPS) is 21.7. The first-order valence-electron chi connectivity index (χ1n) is 9.20. The van der Waals surface area contributed by atoms with Gasteiger partial charge in [0.1, 0.15) is 5.69 Å². The van der Waals surface area contributed by atoms with Gasteiger partial charge < -0.3 is 14.8 Å². The minimum absolute atomic E-state index is 0.0477. The standard InChI is InChI=1S/C18H23ClN6O2/c1-22-12-14(11-21-22)25-4-2-3-16(18(25)27)23-5-7-24(8-6-23)17(26)15-9-13(19)10-20-15/h9-12,16,20H,2-8H2,1H3/t16-/m1/s1. The van der Waals surface area contributed by atoms with Crippen molar-refractivity contribution < 1.29 is 9.59 Å². The molecule has 1 atom stereocenters. The maximum absolute atomic E-state index is 13.0. The van der Waals surface area contributed by atoms with Crippen molar-refractivity contribution in [2.75, 3.05) is 37.6 Å². The molecule has 2 aromatic heterocycles. The van der Waals surface area contributed by atoms with Gasteiger partial charge in [0.25, 0.3) is 5.91 Å². The van der Waals surface area contributed by atoms with E-state index in [4.69, 9.17) is 11.6 Å². The molecule has 1 N–H and O–H groups in total. The highest BCUT2D eigenvalue weighted by Gasteiger charge is 2.36. The average molecular weight is 391 g/mol. The van der Waals surface area contributed by atoms with E-state index in [0.29, 0.717) is 36.9 Å². The molecule has 0 aromatic carbocycles. The van der Waals surface area contributed by atoms with Gasteiger partial charge in [0.2, 0.25) is 5.91 Å². The van der Waals surface area contributed by atoms with E-state index in [-0.39, 0.29) is 17.9 Å². The van der Waals surface area contributed by atoms with Crippen molar-refractivity contribution in [2.24, 2.45) is 7.05 Å². The van der Waals surface area contributed by atoms with Crippen molar-refractivity contribution >= 4 is 29.1 Å². The van der Waals surface area contributed by atoms with E-state index < -0.39 is 0 Å². The number of hydrogen-bond acceptors (Lipinski definition) is 4. The number of piperidine rings is 1. The van der Waals surface area contributed by atoms with Crippen LogP contribution in [0.4, 0.5) is 5.69 Å². The van der Waals surface area contributed by atoms with Crippen LogP contribution in [0.5, 0.6) is 0 Å². The molecule has 2 aromatic rings. The summed E-state index contributed by atoms with van der Waals surface area (Å²) in [7, 11) is 1.85. The second-order valence-corrected chi connectivity index (χ2v) is 7.52. The average Bonchev–Trinajstić information content (AvgIpc) is 3.30. The largest absolute Gasteiger partial charge is 0.356 e. The smallest absolute Gasteiger partial charge is 0.270 e. The number of hydrogen-bond donors (Lipinski definition) is 1. The van der Waals surface area contributed by atoms with Crippen LogP contribution in [0.1, 0.15) is 23.3 Å². The lowest BCUT2D eigenvalue weighted by Gasteiger charge is -2.42. The molecule has 4 heterocycles. The van der Waals surface area contributed by atoms with Gasteiger partial charge in [-0.05, 0) is 18.9 Å². The molecular formula is C18H23ClN6O2. The summed E-state index contributed by atoms with van der Waals surface area (Å²) in [6, 6.07) is 1.52. The minimum atomic E-state index is -0.129. The van der Waals surface area contributed by atoms with E-state index in [1.54, 1.807) is 23.1 Å². The van der Waals surface area contributed by atoms with Crippen molar-refractivity contribution in [2.45, 2.75) is 18.9 Å². The second kappa shape index (κ2) is 7.36. The van der Waals surface area contributed by atoms with Crippen LogP contribution in [0, 0.1) is 0 Å². The molecule has 0 radical (unpaired) electrons. The van der Waals surface area contributed by atoms with E-state index in [9.17, 15) is 9.59 Å². The first kappa shape index (κ1) is 18.1. The second-order valence-electron chi connectivity index (χ2n) is 7.08. The predicted molar refractivity (Wildman–Crippen MR) is 102 cm³/mol. The number of aryl methyl sites for hydroxylation is 1. The number of carbonyl (C=O) groups is 2. The first-order chi connectivity index (χ1) is 13.0. The number of aromatic nitrogens is 3. The first-order valence-corrected chi connectivity index (χ1v) is 9.58. The third-order valence-electron chi connectivity index (χ3n) is 5.33. The number of amides is 2. The molecule has 27 heavy (non-hydrogen) atoms. The van der Waals surface area contributed by atoms with Crippen molar-refractivity contribution in [3.8, 4) is 0 Å². The molecule has 9 heteroatoms. The molecule has 0 bridgehead atoms. The van der Waals surface area contributed by atoms with Gasteiger partial charge in [-0.25, -0.2) is 0 Å². The highest BCUT2D eigenvalue weighted by atomic mass is 35.5. The topological polar surface area (TPSA) is 77.5 Å². The van der Waals surface area contributed by atoms with Gasteiger partial charge in [-0.2, -0.15) is 5.10 Å². The van der Waals surface area contributed by atoms with Crippen molar-refractivity contribution in [1.82, 2.24) is 24.6 Å². The lowest BCUT2D eigenvalue weighted by Crippen LogP contribution is -2.58. The number of rotatable bonds is 3. The molecule has 2 amide bonds. The molecule has 0 unspecified atom stereocenters. The Morgan fingerprint density at radius 1 is 1.26 bits per heavy atom. The molecule has 0 saturated carbocycles. The van der Waals surface area contributed by atoms with E-state index >= 15 is 0 Å². The summed E-state index contributed by atoms with van der Waals surface area (Å²) in [5, 5.41) is 4.70. The zero-order valence-electron chi connectivity index (χ0n) is 15.3. The van der Waals surface area contributed by atoms with Gasteiger partial charge in [-0.3, -0.25) is 19.2 Å². The molecule has 2 fully saturated rings. The Bertz CT molecular complexity index is 839. The Kier molecular flexibility index (Phi) is 4.92. The fourth-order valence-electron chi connectivity index (χ4n) is 3.90. The van der Waals surface area contributed by atoms with Crippen LogP contribution >= 0.6 is 11.6 Å². The molecular weight excluding hydrogens is 368 g/mol. The fraction of sp³-hybridized carbons (Fsp3) is 0.500. The van der Waals surface area contributed by atoms with Crippen molar-refractivity contribution in [3.05, 3.63) is 35.4 Å². The maximum Gasteiger partial charge on any atom is 0.270 e. The molecule has 8 nitrogen and oxygen atoms in total. The van der Waals surface area contributed by atoms with Gasteiger partial charge in [0.05, 0.1) is 22.9 Å². The van der Waals surface area contributed by atoms with E-state index in [1.807, 2.05) is 23.0 Å². The van der Waals surface area contributed by atoms with Crippen molar-refractivity contribution in [1.29, 1.82) is 0 Å². The number of nitrogens with zero attached hydrogens (tertiary/aromatic N) is 5. The van der Waals surface area contributed by atoms with Crippen LogP contribution in [0.3, 0.4) is 0 Å². The fourth-order valence-corrected chi connectivity index (χ4v) is 4.06. The predicted octanol–water partition coefficient (Wildman–Crippen LogP) is 1.35. The molecule has 144 valence electrons. The van der Waals surface area contributed by atoms with Crippen LogP contribution in [0.25, 0.3) is 0 Å². The molecule has 0 aliphatic carbocycles. The molecule has 2 saturated heterocycles. The molecule has 4 rings (SSSR count). The number of anilines is 1. The number of nitrogens with one attached hydrogen (secondary N) is 1. The van der Waals surface area contributed by atoms with Gasteiger partial charge in [-0.1, -0.05) is 11.6 Å². The Hall–Kier alpha value is -2.32. The summed E-state index contributed by atoms with van der Waals surface area (Å²) >= 11 is 5.89. The van der Waals surface area contributed by atoms with Crippen LogP contribution in [0.15, 0.2) is 24.7 Å². The molecule has 0 spiro atoms. The number of H-pyrrole nitrogens is 1. The Labute approximate surface area is 162 Å². The Morgan fingerprint density at radius 3 is 2.67 bits per heavy atom. The summed E-state index contributed by atoms with van der Waals surface area (Å²) in [6.07, 6.45) is 7.04. The van der Waals surface area contributed by atoms with Crippen LogP contribution in [0.2, 0.25) is 5.02 Å². The zero-order valence-corrected chi connectivity index (χ0v) is 16.0. The summed E-state index contributed by atoms with van der Waals surface area (Å²) in [6.45, 7) is 3.32. The zero-order chi connectivity index (χ0) is 19.0. The number of halogens is 1.